The van der Waals surface area contributed by atoms with Crippen LogP contribution in [0.15, 0.2) is 11.6 Å². The third kappa shape index (κ3) is 1.61. The average Bonchev–Trinajstić information content (AvgIpc) is 2.83. The minimum atomic E-state index is -0.325. The highest BCUT2D eigenvalue weighted by atomic mass is 32.1. The van der Waals surface area contributed by atoms with Gasteiger partial charge in [0.1, 0.15) is 4.88 Å². The molecular weight excluding hydrogens is 226 g/mol. The van der Waals surface area contributed by atoms with Gasteiger partial charge in [0.2, 0.25) is 0 Å². The number of nitrogens with zero attached hydrogens (tertiary/aromatic N) is 3. The lowest BCUT2D eigenvalue weighted by atomic mass is 10.1. The molecule has 0 aliphatic heterocycles. The van der Waals surface area contributed by atoms with Crippen LogP contribution in [0.1, 0.15) is 15.2 Å². The monoisotopic (exact) mass is 237 g/mol. The van der Waals surface area contributed by atoms with Gasteiger partial charge in [0.15, 0.2) is 0 Å². The van der Waals surface area contributed by atoms with Gasteiger partial charge >= 0.3 is 5.97 Å². The molecule has 0 aromatic carbocycles. The van der Waals surface area contributed by atoms with E-state index in [2.05, 4.69) is 10.3 Å². The third-order valence-electron chi connectivity index (χ3n) is 2.32. The summed E-state index contributed by atoms with van der Waals surface area (Å²) in [6, 6.07) is 0. The van der Waals surface area contributed by atoms with Crippen LogP contribution in [0, 0.1) is 6.92 Å². The Hall–Kier alpha value is -1.69. The summed E-state index contributed by atoms with van der Waals surface area (Å²) in [5.74, 6) is -0.325. The first-order valence-corrected chi connectivity index (χ1v) is 5.54. The van der Waals surface area contributed by atoms with Crippen LogP contribution in [0.25, 0.3) is 11.3 Å². The van der Waals surface area contributed by atoms with Crippen LogP contribution in [-0.2, 0) is 11.8 Å². The molecule has 84 valence electrons. The largest absolute Gasteiger partial charge is 0.465 e. The minimum Gasteiger partial charge on any atom is -0.465 e. The Bertz CT molecular complexity index is 530. The summed E-state index contributed by atoms with van der Waals surface area (Å²) in [5, 5.41) is 9.59. The van der Waals surface area contributed by atoms with Crippen LogP contribution in [0.2, 0.25) is 0 Å². The molecule has 0 aliphatic carbocycles. The van der Waals surface area contributed by atoms with E-state index in [-0.39, 0.29) is 5.97 Å². The average molecular weight is 237 g/mol. The van der Waals surface area contributed by atoms with E-state index in [4.69, 9.17) is 4.74 Å². The first kappa shape index (κ1) is 10.8. The Morgan fingerprint density at radius 2 is 2.31 bits per heavy atom. The first-order valence-electron chi connectivity index (χ1n) is 4.66. The molecule has 0 amide bonds. The summed E-state index contributed by atoms with van der Waals surface area (Å²) < 4.78 is 6.39. The van der Waals surface area contributed by atoms with Gasteiger partial charge in [-0.05, 0) is 17.9 Å². The van der Waals surface area contributed by atoms with Gasteiger partial charge in [-0.15, -0.1) is 16.4 Å². The van der Waals surface area contributed by atoms with Crippen LogP contribution in [-0.4, -0.2) is 28.1 Å². The molecule has 16 heavy (non-hydrogen) atoms. The van der Waals surface area contributed by atoms with E-state index in [1.54, 1.807) is 17.9 Å². The second kappa shape index (κ2) is 4.05. The first-order chi connectivity index (χ1) is 7.65. The Balaban J connectivity index is 2.60. The number of aryl methyl sites for hydroxylation is 2. The molecule has 2 aromatic rings. The fraction of sp³-hybridized carbons (Fsp3) is 0.300. The number of hydrogen-bond acceptors (Lipinski definition) is 5. The molecule has 6 heteroatoms. The molecule has 0 radical (unpaired) electrons. The Morgan fingerprint density at radius 1 is 1.56 bits per heavy atom. The summed E-state index contributed by atoms with van der Waals surface area (Å²) >= 11 is 1.37. The van der Waals surface area contributed by atoms with E-state index in [0.29, 0.717) is 4.88 Å². The quantitative estimate of drug-likeness (QED) is 0.745. The van der Waals surface area contributed by atoms with Gasteiger partial charge in [-0.3, -0.25) is 0 Å². The van der Waals surface area contributed by atoms with Crippen molar-refractivity contribution in [2.75, 3.05) is 7.11 Å². The van der Waals surface area contributed by atoms with E-state index in [0.717, 1.165) is 16.8 Å². The number of ether oxygens (including phenoxy) is 1. The highest BCUT2D eigenvalue weighted by Gasteiger charge is 2.20. The molecule has 0 spiro atoms. The summed E-state index contributed by atoms with van der Waals surface area (Å²) in [4.78, 5) is 12.2. The second-order valence-electron chi connectivity index (χ2n) is 3.36. The molecule has 0 bridgehead atoms. The number of esters is 1. The predicted molar refractivity (Wildman–Crippen MR) is 60.4 cm³/mol. The van der Waals surface area contributed by atoms with E-state index >= 15 is 0 Å². The summed E-state index contributed by atoms with van der Waals surface area (Å²) in [6.07, 6.45) is 1.64. The number of hydrogen-bond donors (Lipinski definition) is 0. The van der Waals surface area contributed by atoms with Gasteiger partial charge in [0.05, 0.1) is 19.0 Å². The van der Waals surface area contributed by atoms with Crippen molar-refractivity contribution < 1.29 is 9.53 Å². The fourth-order valence-corrected chi connectivity index (χ4v) is 2.50. The van der Waals surface area contributed by atoms with Gasteiger partial charge < -0.3 is 4.74 Å². The van der Waals surface area contributed by atoms with Crippen LogP contribution in [0.3, 0.4) is 0 Å². The Kier molecular flexibility index (Phi) is 2.74. The van der Waals surface area contributed by atoms with Crippen molar-refractivity contribution in [2.45, 2.75) is 6.92 Å². The zero-order valence-corrected chi connectivity index (χ0v) is 10.0. The molecule has 0 atom stereocenters. The number of rotatable bonds is 2. The third-order valence-corrected chi connectivity index (χ3v) is 3.39. The molecule has 2 aromatic heterocycles. The highest BCUT2D eigenvalue weighted by molar-refractivity contribution is 7.12. The van der Waals surface area contributed by atoms with Crippen molar-refractivity contribution in [3.8, 4) is 11.3 Å². The lowest BCUT2D eigenvalue weighted by Crippen LogP contribution is -2.02. The second-order valence-corrected chi connectivity index (χ2v) is 4.24. The van der Waals surface area contributed by atoms with E-state index < -0.39 is 0 Å². The van der Waals surface area contributed by atoms with Crippen molar-refractivity contribution in [3.05, 3.63) is 22.0 Å². The van der Waals surface area contributed by atoms with Gasteiger partial charge in [-0.1, -0.05) is 5.21 Å². The zero-order chi connectivity index (χ0) is 11.7. The molecule has 0 unspecified atom stereocenters. The van der Waals surface area contributed by atoms with Gasteiger partial charge in [-0.25, -0.2) is 9.48 Å². The van der Waals surface area contributed by atoms with Crippen LogP contribution in [0.5, 0.6) is 0 Å². The Labute approximate surface area is 96.7 Å². The number of carbonyl (C=O) groups is 1. The normalized spacial score (nSPS) is 10.4. The van der Waals surface area contributed by atoms with Crippen LogP contribution in [0.4, 0.5) is 0 Å². The van der Waals surface area contributed by atoms with Crippen molar-refractivity contribution >= 4 is 17.3 Å². The SMILES string of the molecule is COC(=O)c1scc(C)c1-c1cnnn1C. The zero-order valence-electron chi connectivity index (χ0n) is 9.22. The maximum absolute atomic E-state index is 11.6. The molecule has 2 rings (SSSR count). The van der Waals surface area contributed by atoms with Crippen molar-refractivity contribution in [1.82, 2.24) is 15.0 Å². The van der Waals surface area contributed by atoms with Crippen LogP contribution < -0.4 is 0 Å². The lowest BCUT2D eigenvalue weighted by Gasteiger charge is -2.03. The van der Waals surface area contributed by atoms with Gasteiger partial charge in [0, 0.05) is 12.6 Å². The Morgan fingerprint density at radius 3 is 2.88 bits per heavy atom. The molecular formula is C10H11N3O2S. The molecule has 0 aliphatic rings. The topological polar surface area (TPSA) is 57.0 Å². The van der Waals surface area contributed by atoms with E-state index in [1.165, 1.54) is 18.4 Å². The fourth-order valence-electron chi connectivity index (χ4n) is 1.52. The van der Waals surface area contributed by atoms with E-state index in [9.17, 15) is 4.79 Å². The standard InChI is InChI=1S/C10H11N3O2S/c1-6-5-16-9(10(14)15-3)8(6)7-4-11-12-13(7)2/h4-5H,1-3H3. The number of aromatic nitrogens is 3. The maximum atomic E-state index is 11.6. The van der Waals surface area contributed by atoms with E-state index in [1.807, 2.05) is 12.3 Å². The number of carbonyl (C=O) groups excluding carboxylic acids is 1. The molecule has 0 N–H and O–H groups in total. The number of thiophene rings is 1. The molecule has 5 nitrogen and oxygen atoms in total. The maximum Gasteiger partial charge on any atom is 0.348 e. The van der Waals surface area contributed by atoms with Crippen LogP contribution >= 0.6 is 11.3 Å². The molecule has 0 saturated carbocycles. The lowest BCUT2D eigenvalue weighted by molar-refractivity contribution is 0.0607. The minimum absolute atomic E-state index is 0.325. The molecule has 0 saturated heterocycles. The summed E-state index contributed by atoms with van der Waals surface area (Å²) in [5.41, 5.74) is 2.69. The molecule has 0 fully saturated rings. The number of methoxy groups -OCH3 is 1. The highest BCUT2D eigenvalue weighted by Crippen LogP contribution is 2.31. The van der Waals surface area contributed by atoms with Crippen molar-refractivity contribution in [2.24, 2.45) is 7.05 Å². The summed E-state index contributed by atoms with van der Waals surface area (Å²) in [6.45, 7) is 1.95. The van der Waals surface area contributed by atoms with Crippen molar-refractivity contribution in [3.63, 3.8) is 0 Å². The predicted octanol–water partition coefficient (Wildman–Crippen LogP) is 1.64. The summed E-state index contributed by atoms with van der Waals surface area (Å²) in [7, 11) is 3.17. The molecule has 2 heterocycles. The van der Waals surface area contributed by atoms with Gasteiger partial charge in [-0.2, -0.15) is 0 Å². The van der Waals surface area contributed by atoms with Gasteiger partial charge in [0.25, 0.3) is 0 Å². The smallest absolute Gasteiger partial charge is 0.348 e. The van der Waals surface area contributed by atoms with Crippen molar-refractivity contribution in [1.29, 1.82) is 0 Å².